The van der Waals surface area contributed by atoms with Crippen LogP contribution in [-0.4, -0.2) is 19.6 Å². The Morgan fingerprint density at radius 2 is 1.83 bits per heavy atom. The predicted octanol–water partition coefficient (Wildman–Crippen LogP) is 2.96. The molecule has 1 atom stereocenters. The summed E-state index contributed by atoms with van der Waals surface area (Å²) >= 11 is 0. The smallest absolute Gasteiger partial charge is 0.254 e. The third-order valence-corrected chi connectivity index (χ3v) is 3.52. The Hall–Kier alpha value is -2.84. The maximum Gasteiger partial charge on any atom is 0.254 e. The lowest BCUT2D eigenvalue weighted by Gasteiger charge is -2.16. The highest BCUT2D eigenvalue weighted by Gasteiger charge is 2.19. The molecule has 0 aliphatic heterocycles. The van der Waals surface area contributed by atoms with Crippen LogP contribution in [0.3, 0.4) is 0 Å². The maximum atomic E-state index is 12.4. The molecular formula is C19H20N2O3. The van der Waals surface area contributed by atoms with E-state index in [0.717, 1.165) is 16.9 Å². The van der Waals surface area contributed by atoms with Gasteiger partial charge in [0.15, 0.2) is 6.10 Å². The SMILES string of the molecule is CCOc1ccc(C(OC)C(=O)NCc2ccc(C#N)cc2)cc1. The van der Waals surface area contributed by atoms with Gasteiger partial charge in [0.05, 0.1) is 18.2 Å². The summed E-state index contributed by atoms with van der Waals surface area (Å²) in [6, 6.07) is 16.4. The highest BCUT2D eigenvalue weighted by atomic mass is 16.5. The topological polar surface area (TPSA) is 71.3 Å². The molecule has 0 saturated heterocycles. The van der Waals surface area contributed by atoms with Gasteiger partial charge in [-0.1, -0.05) is 24.3 Å². The lowest BCUT2D eigenvalue weighted by atomic mass is 10.1. The van der Waals surface area contributed by atoms with Crippen molar-refractivity contribution in [2.24, 2.45) is 0 Å². The normalized spacial score (nSPS) is 11.4. The Morgan fingerprint density at radius 3 is 2.38 bits per heavy atom. The second kappa shape index (κ2) is 8.70. The molecule has 124 valence electrons. The first-order valence-corrected chi connectivity index (χ1v) is 7.70. The van der Waals surface area contributed by atoms with Gasteiger partial charge in [0, 0.05) is 13.7 Å². The number of ether oxygens (including phenoxy) is 2. The van der Waals surface area contributed by atoms with Gasteiger partial charge in [-0.15, -0.1) is 0 Å². The molecule has 0 spiro atoms. The van der Waals surface area contributed by atoms with Crippen molar-refractivity contribution in [3.63, 3.8) is 0 Å². The number of carbonyl (C=O) groups is 1. The van der Waals surface area contributed by atoms with Crippen molar-refractivity contribution >= 4 is 5.91 Å². The van der Waals surface area contributed by atoms with E-state index in [0.29, 0.717) is 18.7 Å². The Labute approximate surface area is 141 Å². The second-order valence-corrected chi connectivity index (χ2v) is 5.14. The minimum atomic E-state index is -0.681. The van der Waals surface area contributed by atoms with E-state index in [-0.39, 0.29) is 5.91 Å². The number of nitrogens with zero attached hydrogens (tertiary/aromatic N) is 1. The molecule has 5 heteroatoms. The Balaban J connectivity index is 1.98. The van der Waals surface area contributed by atoms with Crippen LogP contribution in [0.25, 0.3) is 0 Å². The molecule has 1 unspecified atom stereocenters. The molecule has 24 heavy (non-hydrogen) atoms. The van der Waals surface area contributed by atoms with E-state index in [9.17, 15) is 4.79 Å². The van der Waals surface area contributed by atoms with E-state index in [4.69, 9.17) is 14.7 Å². The first-order chi connectivity index (χ1) is 11.7. The van der Waals surface area contributed by atoms with Crippen LogP contribution in [0.2, 0.25) is 0 Å². The summed E-state index contributed by atoms with van der Waals surface area (Å²) in [7, 11) is 1.50. The Kier molecular flexibility index (Phi) is 6.35. The van der Waals surface area contributed by atoms with Crippen LogP contribution in [0.1, 0.15) is 29.7 Å². The number of nitriles is 1. The minimum absolute atomic E-state index is 0.217. The summed E-state index contributed by atoms with van der Waals surface area (Å²) in [5, 5.41) is 11.6. The number of rotatable bonds is 7. The molecule has 1 amide bonds. The molecule has 2 aromatic rings. The molecular weight excluding hydrogens is 304 g/mol. The van der Waals surface area contributed by atoms with Crippen LogP contribution < -0.4 is 10.1 Å². The molecule has 0 heterocycles. The molecule has 0 radical (unpaired) electrons. The zero-order chi connectivity index (χ0) is 17.4. The van der Waals surface area contributed by atoms with Gasteiger partial charge in [0.25, 0.3) is 5.91 Å². The molecule has 1 N–H and O–H groups in total. The molecule has 2 rings (SSSR count). The first kappa shape index (κ1) is 17.5. The zero-order valence-corrected chi connectivity index (χ0v) is 13.8. The zero-order valence-electron chi connectivity index (χ0n) is 13.8. The minimum Gasteiger partial charge on any atom is -0.494 e. The van der Waals surface area contributed by atoms with Gasteiger partial charge in [0.1, 0.15) is 5.75 Å². The largest absolute Gasteiger partial charge is 0.494 e. The number of amides is 1. The standard InChI is InChI=1S/C19H20N2O3/c1-3-24-17-10-8-16(9-11-17)18(23-2)19(22)21-13-15-6-4-14(12-20)5-7-15/h4-11,18H,3,13H2,1-2H3,(H,21,22). The van der Waals surface area contributed by atoms with E-state index in [1.54, 1.807) is 12.1 Å². The summed E-state index contributed by atoms with van der Waals surface area (Å²) in [5.74, 6) is 0.542. The molecule has 0 fully saturated rings. The fraction of sp³-hybridized carbons (Fsp3) is 0.263. The molecule has 5 nitrogen and oxygen atoms in total. The summed E-state index contributed by atoms with van der Waals surface area (Å²) in [6.07, 6.45) is -0.681. The van der Waals surface area contributed by atoms with Gasteiger partial charge in [-0.05, 0) is 42.3 Å². The van der Waals surface area contributed by atoms with Crippen molar-refractivity contribution in [1.82, 2.24) is 5.32 Å². The number of carbonyl (C=O) groups excluding carboxylic acids is 1. The fourth-order valence-electron chi connectivity index (χ4n) is 2.28. The lowest BCUT2D eigenvalue weighted by molar-refractivity contribution is -0.131. The summed E-state index contributed by atoms with van der Waals surface area (Å²) in [4.78, 5) is 12.4. The third-order valence-electron chi connectivity index (χ3n) is 3.52. The van der Waals surface area contributed by atoms with Gasteiger partial charge >= 0.3 is 0 Å². The quantitative estimate of drug-likeness (QED) is 0.850. The maximum absolute atomic E-state index is 12.4. The molecule has 0 saturated carbocycles. The monoisotopic (exact) mass is 324 g/mol. The molecule has 0 aliphatic rings. The predicted molar refractivity (Wildman–Crippen MR) is 90.4 cm³/mol. The van der Waals surface area contributed by atoms with Gasteiger partial charge in [-0.25, -0.2) is 0 Å². The highest BCUT2D eigenvalue weighted by molar-refractivity contribution is 5.82. The van der Waals surface area contributed by atoms with Crippen LogP contribution in [0.4, 0.5) is 0 Å². The Bertz CT molecular complexity index is 703. The van der Waals surface area contributed by atoms with Crippen LogP contribution in [0, 0.1) is 11.3 Å². The fourth-order valence-corrected chi connectivity index (χ4v) is 2.28. The summed E-state index contributed by atoms with van der Waals surface area (Å²) in [5.41, 5.74) is 2.27. The van der Waals surface area contributed by atoms with Gasteiger partial charge < -0.3 is 14.8 Å². The van der Waals surface area contributed by atoms with E-state index in [1.165, 1.54) is 7.11 Å². The molecule has 0 aromatic heterocycles. The van der Waals surface area contributed by atoms with Crippen LogP contribution >= 0.6 is 0 Å². The molecule has 2 aromatic carbocycles. The van der Waals surface area contributed by atoms with Gasteiger partial charge in [-0.3, -0.25) is 4.79 Å². The summed E-state index contributed by atoms with van der Waals surface area (Å²) < 4.78 is 10.7. The molecule has 0 bridgehead atoms. The van der Waals surface area contributed by atoms with Crippen LogP contribution in [0.15, 0.2) is 48.5 Å². The highest BCUT2D eigenvalue weighted by Crippen LogP contribution is 2.20. The Morgan fingerprint density at radius 1 is 1.17 bits per heavy atom. The van der Waals surface area contributed by atoms with Crippen molar-refractivity contribution in [1.29, 1.82) is 5.26 Å². The third kappa shape index (κ3) is 4.58. The van der Waals surface area contributed by atoms with E-state index in [1.807, 2.05) is 43.3 Å². The van der Waals surface area contributed by atoms with E-state index in [2.05, 4.69) is 11.4 Å². The van der Waals surface area contributed by atoms with Gasteiger partial charge in [0.2, 0.25) is 0 Å². The molecule has 0 aliphatic carbocycles. The average molecular weight is 324 g/mol. The number of hydrogen-bond donors (Lipinski definition) is 1. The number of nitrogens with one attached hydrogen (secondary N) is 1. The van der Waals surface area contributed by atoms with Crippen LogP contribution in [-0.2, 0) is 16.1 Å². The number of benzene rings is 2. The van der Waals surface area contributed by atoms with E-state index < -0.39 is 6.10 Å². The first-order valence-electron chi connectivity index (χ1n) is 7.70. The van der Waals surface area contributed by atoms with Crippen molar-refractivity contribution in [2.45, 2.75) is 19.6 Å². The average Bonchev–Trinajstić information content (AvgIpc) is 2.62. The second-order valence-electron chi connectivity index (χ2n) is 5.14. The van der Waals surface area contributed by atoms with Crippen molar-refractivity contribution in [3.05, 3.63) is 65.2 Å². The van der Waals surface area contributed by atoms with Crippen molar-refractivity contribution < 1.29 is 14.3 Å². The van der Waals surface area contributed by atoms with Crippen molar-refractivity contribution in [2.75, 3.05) is 13.7 Å². The summed E-state index contributed by atoms with van der Waals surface area (Å²) in [6.45, 7) is 2.89. The number of hydrogen-bond acceptors (Lipinski definition) is 4. The van der Waals surface area contributed by atoms with Crippen LogP contribution in [0.5, 0.6) is 5.75 Å². The van der Waals surface area contributed by atoms with E-state index >= 15 is 0 Å². The number of methoxy groups -OCH3 is 1. The van der Waals surface area contributed by atoms with Gasteiger partial charge in [-0.2, -0.15) is 5.26 Å². The van der Waals surface area contributed by atoms with Crippen molar-refractivity contribution in [3.8, 4) is 11.8 Å². The lowest BCUT2D eigenvalue weighted by Crippen LogP contribution is -2.29.